The van der Waals surface area contributed by atoms with Crippen LogP contribution in [0.25, 0.3) is 11.0 Å². The van der Waals surface area contributed by atoms with E-state index in [1.807, 2.05) is 26.0 Å². The summed E-state index contributed by atoms with van der Waals surface area (Å²) in [5.41, 5.74) is 2.65. The van der Waals surface area contributed by atoms with Crippen LogP contribution in [-0.2, 0) is 16.0 Å². The lowest BCUT2D eigenvalue weighted by Crippen LogP contribution is -2.25. The van der Waals surface area contributed by atoms with Gasteiger partial charge in [-0.1, -0.05) is 26.2 Å². The molecule has 0 unspecified atom stereocenters. The van der Waals surface area contributed by atoms with Gasteiger partial charge in [0.05, 0.1) is 7.11 Å². The lowest BCUT2D eigenvalue weighted by molar-refractivity contribution is -0.147. The number of ether oxygens (including phenoxy) is 2. The van der Waals surface area contributed by atoms with E-state index in [1.165, 1.54) is 13.5 Å². The Kier molecular flexibility index (Phi) is 6.83. The van der Waals surface area contributed by atoms with Crippen LogP contribution in [0, 0.1) is 13.8 Å². The van der Waals surface area contributed by atoms with E-state index in [2.05, 4.69) is 11.7 Å². The highest BCUT2D eigenvalue weighted by Gasteiger charge is 2.19. The van der Waals surface area contributed by atoms with E-state index in [4.69, 9.17) is 9.15 Å². The summed E-state index contributed by atoms with van der Waals surface area (Å²) in [6, 6.07) is 3.69. The van der Waals surface area contributed by atoms with Crippen molar-refractivity contribution >= 4 is 16.9 Å². The van der Waals surface area contributed by atoms with Gasteiger partial charge in [-0.05, 0) is 51.3 Å². The fourth-order valence-corrected chi connectivity index (χ4v) is 3.12. The Morgan fingerprint density at radius 1 is 1.15 bits per heavy atom. The zero-order valence-corrected chi connectivity index (χ0v) is 16.3. The van der Waals surface area contributed by atoms with E-state index in [0.29, 0.717) is 16.9 Å². The molecule has 1 atom stereocenters. The summed E-state index contributed by atoms with van der Waals surface area (Å²) in [6.07, 6.45) is 4.45. The zero-order valence-electron chi connectivity index (χ0n) is 16.3. The molecule has 0 aliphatic rings. The third-order valence-corrected chi connectivity index (χ3v) is 4.77. The topological polar surface area (TPSA) is 65.7 Å². The molecule has 26 heavy (non-hydrogen) atoms. The van der Waals surface area contributed by atoms with Gasteiger partial charge in [-0.3, -0.25) is 0 Å². The van der Waals surface area contributed by atoms with Crippen LogP contribution in [0.4, 0.5) is 0 Å². The molecule has 0 amide bonds. The van der Waals surface area contributed by atoms with Gasteiger partial charge in [-0.2, -0.15) is 0 Å². The third kappa shape index (κ3) is 4.26. The first-order valence-corrected chi connectivity index (χ1v) is 9.21. The smallest absolute Gasteiger partial charge is 0.346 e. The molecule has 0 N–H and O–H groups in total. The summed E-state index contributed by atoms with van der Waals surface area (Å²) >= 11 is 0. The van der Waals surface area contributed by atoms with Crippen molar-refractivity contribution in [3.63, 3.8) is 0 Å². The molecule has 0 fully saturated rings. The largest absolute Gasteiger partial charge is 0.479 e. The van der Waals surface area contributed by atoms with Crippen molar-refractivity contribution in [3.8, 4) is 5.75 Å². The number of hydrogen-bond donors (Lipinski definition) is 0. The Balaban J connectivity index is 2.36. The van der Waals surface area contributed by atoms with Crippen molar-refractivity contribution in [3.05, 3.63) is 39.2 Å². The summed E-state index contributed by atoms with van der Waals surface area (Å²) < 4.78 is 16.0. The minimum absolute atomic E-state index is 0.284. The van der Waals surface area contributed by atoms with Crippen LogP contribution in [0.2, 0.25) is 0 Å². The van der Waals surface area contributed by atoms with Crippen molar-refractivity contribution < 1.29 is 18.7 Å². The highest BCUT2D eigenvalue weighted by atomic mass is 16.6. The minimum atomic E-state index is -0.734. The van der Waals surface area contributed by atoms with Crippen molar-refractivity contribution in [2.75, 3.05) is 7.11 Å². The molecular weight excluding hydrogens is 332 g/mol. The van der Waals surface area contributed by atoms with E-state index in [1.54, 1.807) is 6.92 Å². The van der Waals surface area contributed by atoms with E-state index >= 15 is 0 Å². The van der Waals surface area contributed by atoms with Gasteiger partial charge in [0.2, 0.25) is 0 Å². The predicted molar refractivity (Wildman–Crippen MR) is 102 cm³/mol. The molecular formula is C21H28O5. The number of aryl methyl sites for hydroxylation is 2. The first kappa shape index (κ1) is 20.0. The molecule has 5 heteroatoms. The highest BCUT2D eigenvalue weighted by Crippen LogP contribution is 2.30. The number of rotatable bonds is 8. The van der Waals surface area contributed by atoms with E-state index < -0.39 is 12.1 Å². The van der Waals surface area contributed by atoms with Gasteiger partial charge < -0.3 is 13.9 Å². The highest BCUT2D eigenvalue weighted by molar-refractivity contribution is 5.85. The summed E-state index contributed by atoms with van der Waals surface area (Å²) in [6.45, 7) is 7.58. The zero-order chi connectivity index (χ0) is 19.3. The Labute approximate surface area is 154 Å². The molecule has 0 radical (unpaired) electrons. The summed E-state index contributed by atoms with van der Waals surface area (Å²) in [5, 5.41) is 0.908. The average Bonchev–Trinajstić information content (AvgIpc) is 2.63. The van der Waals surface area contributed by atoms with Gasteiger partial charge in [0, 0.05) is 16.5 Å². The summed E-state index contributed by atoms with van der Waals surface area (Å²) in [7, 11) is 1.32. The molecule has 0 bridgehead atoms. The molecule has 1 heterocycles. The monoisotopic (exact) mass is 360 g/mol. The lowest BCUT2D eigenvalue weighted by atomic mass is 9.99. The first-order valence-electron chi connectivity index (χ1n) is 9.21. The third-order valence-electron chi connectivity index (χ3n) is 4.77. The molecule has 0 aliphatic heterocycles. The molecule has 0 saturated carbocycles. The van der Waals surface area contributed by atoms with Crippen molar-refractivity contribution in [2.24, 2.45) is 0 Å². The molecule has 0 saturated heterocycles. The van der Waals surface area contributed by atoms with Gasteiger partial charge >= 0.3 is 11.6 Å². The number of hydrogen-bond acceptors (Lipinski definition) is 5. The molecule has 0 aliphatic carbocycles. The number of benzene rings is 1. The Morgan fingerprint density at radius 3 is 2.54 bits per heavy atom. The maximum absolute atomic E-state index is 12.5. The number of carbonyl (C=O) groups excluding carboxylic acids is 1. The molecule has 2 rings (SSSR count). The fourth-order valence-electron chi connectivity index (χ4n) is 3.12. The quantitative estimate of drug-likeness (QED) is 0.395. The molecule has 0 spiro atoms. The van der Waals surface area contributed by atoms with E-state index in [0.717, 1.165) is 42.2 Å². The van der Waals surface area contributed by atoms with E-state index in [9.17, 15) is 9.59 Å². The van der Waals surface area contributed by atoms with Crippen LogP contribution in [0.5, 0.6) is 5.75 Å². The number of methoxy groups -OCH3 is 1. The van der Waals surface area contributed by atoms with Crippen LogP contribution < -0.4 is 10.4 Å². The van der Waals surface area contributed by atoms with Crippen molar-refractivity contribution in [2.45, 2.75) is 65.9 Å². The maximum atomic E-state index is 12.5. The fraction of sp³-hybridized carbons (Fsp3) is 0.524. The molecule has 5 nitrogen and oxygen atoms in total. The van der Waals surface area contributed by atoms with Crippen LogP contribution >= 0.6 is 0 Å². The molecule has 1 aromatic heterocycles. The Hall–Kier alpha value is -2.30. The Bertz CT molecular complexity index is 834. The number of unbranched alkanes of at least 4 members (excludes halogenated alkanes) is 3. The van der Waals surface area contributed by atoms with Crippen LogP contribution in [-0.4, -0.2) is 19.2 Å². The number of carbonyl (C=O) groups is 1. The molecule has 2 aromatic rings. The summed E-state index contributed by atoms with van der Waals surface area (Å²) in [5.74, 6) is 0.0539. The first-order chi connectivity index (χ1) is 12.4. The lowest BCUT2D eigenvalue weighted by Gasteiger charge is -2.16. The van der Waals surface area contributed by atoms with Crippen LogP contribution in [0.1, 0.15) is 56.2 Å². The van der Waals surface area contributed by atoms with Gasteiger partial charge in [0.15, 0.2) is 6.10 Å². The Morgan fingerprint density at radius 2 is 1.88 bits per heavy atom. The van der Waals surface area contributed by atoms with Crippen LogP contribution in [0.15, 0.2) is 21.3 Å². The van der Waals surface area contributed by atoms with Gasteiger partial charge in [0.25, 0.3) is 0 Å². The van der Waals surface area contributed by atoms with Gasteiger partial charge in [-0.15, -0.1) is 0 Å². The van der Waals surface area contributed by atoms with Crippen molar-refractivity contribution in [1.82, 2.24) is 0 Å². The minimum Gasteiger partial charge on any atom is -0.479 e. The average molecular weight is 360 g/mol. The van der Waals surface area contributed by atoms with Gasteiger partial charge in [-0.25, -0.2) is 9.59 Å². The second-order valence-corrected chi connectivity index (χ2v) is 6.65. The number of esters is 1. The standard InChI is InChI=1S/C21H28O5/c1-6-7-8-9-10-17-13(2)16-11-12-18(25-15(4)20(22)24-5)14(3)19(16)26-21(17)23/h11-12,15H,6-10H2,1-5H3/t15-/m0/s1. The predicted octanol–water partition coefficient (Wildman–Crippen LogP) is 4.47. The maximum Gasteiger partial charge on any atom is 0.346 e. The van der Waals surface area contributed by atoms with Gasteiger partial charge in [0.1, 0.15) is 11.3 Å². The normalized spacial score (nSPS) is 12.2. The SMILES string of the molecule is CCCCCCc1c(C)c2ccc(O[C@@H](C)C(=O)OC)c(C)c2oc1=O. The van der Waals surface area contributed by atoms with Crippen molar-refractivity contribution in [1.29, 1.82) is 0 Å². The summed E-state index contributed by atoms with van der Waals surface area (Å²) in [4.78, 5) is 24.0. The second kappa shape index (κ2) is 8.88. The van der Waals surface area contributed by atoms with Crippen LogP contribution in [0.3, 0.4) is 0 Å². The molecule has 142 valence electrons. The van der Waals surface area contributed by atoms with E-state index in [-0.39, 0.29) is 5.63 Å². The molecule has 1 aromatic carbocycles. The number of fused-ring (bicyclic) bond motifs is 1. The second-order valence-electron chi connectivity index (χ2n) is 6.65.